The summed E-state index contributed by atoms with van der Waals surface area (Å²) >= 11 is 1.54. The topological polar surface area (TPSA) is 30.7 Å². The zero-order valence-electron chi connectivity index (χ0n) is 34.1. The molecule has 9 aromatic rings. The molecule has 6 aromatic carbocycles. The van der Waals surface area contributed by atoms with Gasteiger partial charge in [0, 0.05) is 45.7 Å². The number of fused-ring (bicyclic) bond motifs is 2. The van der Waals surface area contributed by atoms with Gasteiger partial charge in [-0.15, -0.1) is 46.8 Å². The number of para-hydroxylation sites is 3. The number of rotatable bonds is 5. The summed E-state index contributed by atoms with van der Waals surface area (Å²) in [6, 6.07) is 52.6. The quantitative estimate of drug-likeness (QED) is 0.161. The fourth-order valence-electron chi connectivity index (χ4n) is 6.08. The fraction of sp³-hybridized carbons (Fsp3) is 0.0435. The number of hydrogen-bond donors (Lipinski definition) is 0. The van der Waals surface area contributed by atoms with Crippen molar-refractivity contribution in [2.24, 2.45) is 0 Å². The number of hydrogen-bond acceptors (Lipinski definition) is 3. The van der Waals surface area contributed by atoms with E-state index in [0.29, 0.717) is 17.3 Å². The number of thiophene rings is 1. The molecule has 0 aliphatic rings. The molecule has 3 heterocycles. The van der Waals surface area contributed by atoms with Crippen LogP contribution in [0.1, 0.15) is 20.7 Å². The van der Waals surface area contributed by atoms with Crippen molar-refractivity contribution in [2.75, 3.05) is 0 Å². The van der Waals surface area contributed by atoms with E-state index in [9.17, 15) is 0 Å². The van der Waals surface area contributed by atoms with E-state index in [1.54, 1.807) is 12.1 Å². The second kappa shape index (κ2) is 15.2. The number of aryl methyl sites for hydroxylation is 2. The van der Waals surface area contributed by atoms with E-state index < -0.39 is 13.7 Å². The van der Waals surface area contributed by atoms with E-state index in [-0.39, 0.29) is 31.2 Å². The average Bonchev–Trinajstić information content (AvgIpc) is 3.82. The van der Waals surface area contributed by atoms with Crippen LogP contribution in [0.5, 0.6) is 0 Å². The normalized spacial score (nSPS) is 13.3. The molecule has 0 N–H and O–H groups in total. The van der Waals surface area contributed by atoms with Crippen LogP contribution < -0.4 is 0 Å². The molecule has 0 atom stereocenters. The van der Waals surface area contributed by atoms with Crippen LogP contribution >= 0.6 is 11.3 Å². The Morgan fingerprint density at radius 2 is 1.39 bits per heavy atom. The smallest absolute Gasteiger partial charge is 0.0774 e. The Bertz CT molecular complexity index is 2700. The molecule has 0 amide bonds. The largest absolute Gasteiger partial charge is 0.332 e. The van der Waals surface area contributed by atoms with Gasteiger partial charge >= 0.3 is 0 Å². The summed E-state index contributed by atoms with van der Waals surface area (Å²) in [5, 5.41) is 4.59. The molecule has 0 bridgehead atoms. The standard InChI is InChI=1S/C33H21N2S.C13H12N.Ir/c1-3-12-23(13-4-1)25-17-11-18-26(24-14-5-2-6-15-24)32(25)35-30-20-9-8-19-29(30)34-33(35)28-22-36-31-21-10-7-16-27(28)31;1-10-3-6-12(7-4-10)13-8-5-11(2)9-14-13;/h1-21H;3-6,8-9H,1-2H3;/q2*-1;/i10D;1D3,2D3;. The minimum absolute atomic E-state index is 0. The van der Waals surface area contributed by atoms with Crippen molar-refractivity contribution in [3.63, 3.8) is 0 Å². The van der Waals surface area contributed by atoms with Crippen molar-refractivity contribution in [3.05, 3.63) is 186 Å². The Balaban J connectivity index is 0.000000208. The molecule has 3 nitrogen and oxygen atoms in total. The van der Waals surface area contributed by atoms with Crippen molar-refractivity contribution in [2.45, 2.75) is 13.7 Å². The first kappa shape index (κ1) is 26.4. The van der Waals surface area contributed by atoms with E-state index in [1.165, 1.54) is 35.7 Å². The van der Waals surface area contributed by atoms with Crippen LogP contribution in [0.2, 0.25) is 0 Å². The van der Waals surface area contributed by atoms with Crippen LogP contribution in [0.3, 0.4) is 0 Å². The van der Waals surface area contributed by atoms with E-state index >= 15 is 0 Å². The Kier molecular flexibility index (Phi) is 7.86. The number of aromatic nitrogens is 3. The van der Waals surface area contributed by atoms with Crippen LogP contribution in [0.15, 0.2) is 164 Å². The molecular formula is C46H33IrN3S-2. The molecule has 5 heteroatoms. The zero-order chi connectivity index (χ0) is 39.7. The third-order valence-electron chi connectivity index (χ3n) is 8.42. The minimum Gasteiger partial charge on any atom is -0.332 e. The Morgan fingerprint density at radius 1 is 0.686 bits per heavy atom. The predicted octanol–water partition coefficient (Wildman–Crippen LogP) is 12.2. The van der Waals surface area contributed by atoms with Gasteiger partial charge in [0.25, 0.3) is 0 Å². The Labute approximate surface area is 326 Å². The first-order chi connectivity index (χ1) is 27.5. The molecule has 0 saturated carbocycles. The van der Waals surface area contributed by atoms with Crippen molar-refractivity contribution in [1.29, 1.82) is 0 Å². The molecule has 249 valence electrons. The number of imidazole rings is 1. The van der Waals surface area contributed by atoms with Crippen molar-refractivity contribution < 1.29 is 29.7 Å². The van der Waals surface area contributed by atoms with E-state index in [2.05, 4.69) is 118 Å². The summed E-state index contributed by atoms with van der Waals surface area (Å²) in [6.07, 6.45) is 1.30. The second-order valence-electron chi connectivity index (χ2n) is 11.6. The minimum atomic E-state index is -2.18. The zero-order valence-corrected chi connectivity index (χ0v) is 30.3. The first-order valence-corrected chi connectivity index (χ1v) is 16.9. The van der Waals surface area contributed by atoms with Gasteiger partial charge in [0.1, 0.15) is 0 Å². The monoisotopic (exact) mass is 859 g/mol. The van der Waals surface area contributed by atoms with Gasteiger partial charge < -0.3 is 9.55 Å². The Hall–Kier alpha value is -5.45. The van der Waals surface area contributed by atoms with Gasteiger partial charge in [-0.1, -0.05) is 144 Å². The summed E-state index contributed by atoms with van der Waals surface area (Å²) in [6.45, 7) is -4.34. The van der Waals surface area contributed by atoms with Gasteiger partial charge in [0.15, 0.2) is 0 Å². The van der Waals surface area contributed by atoms with Gasteiger partial charge in [0.05, 0.1) is 23.9 Å². The molecule has 0 aliphatic carbocycles. The third-order valence-corrected chi connectivity index (χ3v) is 9.29. The molecule has 0 saturated heterocycles. The molecule has 0 fully saturated rings. The Morgan fingerprint density at radius 3 is 2.06 bits per heavy atom. The summed E-state index contributed by atoms with van der Waals surface area (Å²) < 4.78 is 55.1. The van der Waals surface area contributed by atoms with Crippen LogP contribution in [0, 0.1) is 25.2 Å². The number of benzene rings is 6. The molecule has 1 radical (unpaired) electrons. The van der Waals surface area contributed by atoms with Crippen LogP contribution in [0.4, 0.5) is 0 Å². The maximum atomic E-state index is 8.07. The van der Waals surface area contributed by atoms with Crippen LogP contribution in [0.25, 0.3) is 71.7 Å². The molecule has 0 aliphatic heterocycles. The van der Waals surface area contributed by atoms with Gasteiger partial charge in [-0.3, -0.25) is 16.3 Å². The summed E-state index contributed by atoms with van der Waals surface area (Å²) in [5.74, 6) is 0.853. The predicted molar refractivity (Wildman–Crippen MR) is 210 cm³/mol. The van der Waals surface area contributed by atoms with Crippen LogP contribution in [-0.2, 0) is 20.1 Å². The van der Waals surface area contributed by atoms with Crippen molar-refractivity contribution >= 4 is 32.5 Å². The molecule has 9 rings (SSSR count). The van der Waals surface area contributed by atoms with E-state index in [4.69, 9.17) is 14.6 Å². The molecular weight excluding hydrogens is 819 g/mol. The van der Waals surface area contributed by atoms with Gasteiger partial charge in [-0.2, -0.15) is 0 Å². The summed E-state index contributed by atoms with van der Waals surface area (Å²) in [4.78, 5) is 9.24. The van der Waals surface area contributed by atoms with E-state index in [0.717, 1.165) is 60.4 Å². The van der Waals surface area contributed by atoms with Gasteiger partial charge in [-0.05, 0) is 41.4 Å². The first-order valence-electron chi connectivity index (χ1n) is 19.6. The molecule has 3 aromatic heterocycles. The molecule has 0 unspecified atom stereocenters. The summed E-state index contributed by atoms with van der Waals surface area (Å²) in [5.41, 5.74) is 10.2. The molecule has 51 heavy (non-hydrogen) atoms. The van der Waals surface area contributed by atoms with Gasteiger partial charge in [-0.25, -0.2) is 0 Å². The van der Waals surface area contributed by atoms with Gasteiger partial charge in [0.2, 0.25) is 0 Å². The van der Waals surface area contributed by atoms with E-state index in [1.807, 2.05) is 24.3 Å². The second-order valence-corrected chi connectivity index (χ2v) is 12.5. The maximum absolute atomic E-state index is 8.07. The fourth-order valence-corrected chi connectivity index (χ4v) is 6.90. The number of pyridine rings is 1. The van der Waals surface area contributed by atoms with Crippen molar-refractivity contribution in [1.82, 2.24) is 14.5 Å². The third kappa shape index (κ3) is 6.97. The molecule has 0 spiro atoms. The number of nitrogens with zero attached hydrogens (tertiary/aromatic N) is 3. The van der Waals surface area contributed by atoms with Crippen LogP contribution in [-0.4, -0.2) is 14.5 Å². The SMILES string of the molecule is [2H]C([2H])([2H])c1c[c-]c(-c2ccc(C([2H])([2H])[2H])cn2)cc1.[2H]c1ccc2c(-c3nc4ccccc4n3-c3c(-c4ccccc4)cccc3-c3ccccc3)[c-]sc2c1.[Ir]. The van der Waals surface area contributed by atoms with Crippen molar-refractivity contribution in [3.8, 4) is 50.6 Å². The maximum Gasteiger partial charge on any atom is 0.0774 e. The average molecular weight is 859 g/mol. The summed E-state index contributed by atoms with van der Waals surface area (Å²) in [7, 11) is 0.